The SMILES string of the molecule is CCC1CNC=NC1=O. The monoisotopic (exact) mass is 126 g/mol. The molecule has 1 N–H and O–H groups in total. The quantitative estimate of drug-likeness (QED) is 0.544. The van der Waals surface area contributed by atoms with Gasteiger partial charge < -0.3 is 5.32 Å². The number of amides is 1. The molecule has 0 saturated heterocycles. The molecule has 1 amide bonds. The Bertz CT molecular complexity index is 142. The summed E-state index contributed by atoms with van der Waals surface area (Å²) < 4.78 is 0. The predicted octanol–water partition coefficient (Wildman–Crippen LogP) is 0.171. The predicted molar refractivity (Wildman–Crippen MR) is 35.3 cm³/mol. The van der Waals surface area contributed by atoms with Crippen LogP contribution in [0.15, 0.2) is 4.99 Å². The lowest BCUT2D eigenvalue weighted by atomic mass is 10.1. The molecule has 0 radical (unpaired) electrons. The third kappa shape index (κ3) is 1.28. The summed E-state index contributed by atoms with van der Waals surface area (Å²) in [6, 6.07) is 0. The van der Waals surface area contributed by atoms with Crippen LogP contribution in [0.4, 0.5) is 0 Å². The molecule has 1 heterocycles. The van der Waals surface area contributed by atoms with Gasteiger partial charge in [-0.2, -0.15) is 0 Å². The number of carbonyl (C=O) groups excluding carboxylic acids is 1. The van der Waals surface area contributed by atoms with Crippen molar-refractivity contribution < 1.29 is 4.79 Å². The van der Waals surface area contributed by atoms with Crippen LogP contribution in [0.1, 0.15) is 13.3 Å². The molecule has 0 saturated carbocycles. The number of aliphatic imine (C=N–C) groups is 1. The van der Waals surface area contributed by atoms with Gasteiger partial charge in [-0.3, -0.25) is 4.79 Å². The van der Waals surface area contributed by atoms with Crippen LogP contribution in [-0.2, 0) is 4.79 Å². The highest BCUT2D eigenvalue weighted by Gasteiger charge is 2.16. The van der Waals surface area contributed by atoms with Crippen LogP contribution in [0, 0.1) is 5.92 Å². The fraction of sp³-hybridized carbons (Fsp3) is 0.667. The fourth-order valence-corrected chi connectivity index (χ4v) is 0.816. The van der Waals surface area contributed by atoms with E-state index < -0.39 is 0 Å². The number of nitrogens with zero attached hydrogens (tertiary/aromatic N) is 1. The van der Waals surface area contributed by atoms with Gasteiger partial charge in [-0.05, 0) is 6.42 Å². The van der Waals surface area contributed by atoms with E-state index in [-0.39, 0.29) is 11.8 Å². The summed E-state index contributed by atoms with van der Waals surface area (Å²) in [4.78, 5) is 14.4. The molecule has 1 aliphatic rings. The summed E-state index contributed by atoms with van der Waals surface area (Å²) in [6.45, 7) is 2.74. The fourth-order valence-electron chi connectivity index (χ4n) is 0.816. The van der Waals surface area contributed by atoms with Gasteiger partial charge in [-0.25, -0.2) is 4.99 Å². The normalized spacial score (nSPS) is 25.9. The second-order valence-electron chi connectivity index (χ2n) is 2.11. The smallest absolute Gasteiger partial charge is 0.251 e. The van der Waals surface area contributed by atoms with E-state index in [9.17, 15) is 4.79 Å². The standard InChI is InChI=1S/C6H10N2O/c1-2-5-3-7-4-8-6(5)9/h4-5H,2-3H2,1H3,(H,7,8,9). The minimum atomic E-state index is 0.0104. The first-order valence-electron chi connectivity index (χ1n) is 3.14. The number of hydrogen-bond acceptors (Lipinski definition) is 2. The Morgan fingerprint density at radius 3 is 3.22 bits per heavy atom. The van der Waals surface area contributed by atoms with Crippen LogP contribution in [0.3, 0.4) is 0 Å². The van der Waals surface area contributed by atoms with Gasteiger partial charge in [0.25, 0.3) is 5.91 Å². The molecule has 0 aromatic carbocycles. The largest absolute Gasteiger partial charge is 0.375 e. The lowest BCUT2D eigenvalue weighted by Gasteiger charge is -2.13. The van der Waals surface area contributed by atoms with E-state index in [1.165, 1.54) is 6.34 Å². The molecule has 1 unspecified atom stereocenters. The average Bonchev–Trinajstić information content (AvgIpc) is 1.89. The van der Waals surface area contributed by atoms with Gasteiger partial charge in [0, 0.05) is 6.54 Å². The van der Waals surface area contributed by atoms with Crippen molar-refractivity contribution in [2.45, 2.75) is 13.3 Å². The van der Waals surface area contributed by atoms with Crippen LogP contribution >= 0.6 is 0 Å². The van der Waals surface area contributed by atoms with Crippen molar-refractivity contribution in [2.75, 3.05) is 6.54 Å². The molecule has 0 bridgehead atoms. The summed E-state index contributed by atoms with van der Waals surface area (Å²) in [6.07, 6.45) is 2.34. The maximum absolute atomic E-state index is 10.8. The van der Waals surface area contributed by atoms with Gasteiger partial charge in [0.05, 0.1) is 12.3 Å². The Kier molecular flexibility index (Phi) is 1.82. The first-order valence-corrected chi connectivity index (χ1v) is 3.14. The van der Waals surface area contributed by atoms with Gasteiger partial charge >= 0.3 is 0 Å². The van der Waals surface area contributed by atoms with E-state index >= 15 is 0 Å². The second kappa shape index (κ2) is 2.62. The molecule has 0 aromatic rings. The third-order valence-corrected chi connectivity index (χ3v) is 1.49. The van der Waals surface area contributed by atoms with Crippen molar-refractivity contribution in [1.82, 2.24) is 5.32 Å². The molecule has 1 aliphatic heterocycles. The highest BCUT2D eigenvalue weighted by molar-refractivity contribution is 5.88. The molecule has 0 spiro atoms. The zero-order valence-corrected chi connectivity index (χ0v) is 5.42. The Labute approximate surface area is 54.2 Å². The van der Waals surface area contributed by atoms with Gasteiger partial charge in [-0.15, -0.1) is 0 Å². The molecule has 0 fully saturated rings. The van der Waals surface area contributed by atoms with Crippen LogP contribution < -0.4 is 5.32 Å². The number of nitrogens with one attached hydrogen (secondary N) is 1. The van der Waals surface area contributed by atoms with Crippen LogP contribution in [0.25, 0.3) is 0 Å². The maximum Gasteiger partial charge on any atom is 0.251 e. The Morgan fingerprint density at radius 1 is 2.00 bits per heavy atom. The van der Waals surface area contributed by atoms with Crippen molar-refractivity contribution in [2.24, 2.45) is 10.9 Å². The zero-order valence-electron chi connectivity index (χ0n) is 5.42. The molecule has 1 rings (SSSR count). The molecule has 9 heavy (non-hydrogen) atoms. The van der Waals surface area contributed by atoms with Crippen molar-refractivity contribution >= 4 is 12.2 Å². The van der Waals surface area contributed by atoms with E-state index in [1.807, 2.05) is 6.92 Å². The first-order chi connectivity index (χ1) is 4.34. The maximum atomic E-state index is 10.8. The Morgan fingerprint density at radius 2 is 2.78 bits per heavy atom. The lowest BCUT2D eigenvalue weighted by molar-refractivity contribution is -0.121. The third-order valence-electron chi connectivity index (χ3n) is 1.49. The molecule has 0 aromatic heterocycles. The van der Waals surface area contributed by atoms with E-state index in [4.69, 9.17) is 0 Å². The summed E-state index contributed by atoms with van der Waals surface area (Å²) >= 11 is 0. The van der Waals surface area contributed by atoms with E-state index in [2.05, 4.69) is 10.3 Å². The molecule has 1 atom stereocenters. The molecular formula is C6H10N2O. The Hall–Kier alpha value is -0.860. The second-order valence-corrected chi connectivity index (χ2v) is 2.11. The highest BCUT2D eigenvalue weighted by atomic mass is 16.1. The summed E-state index contributed by atoms with van der Waals surface area (Å²) in [5.74, 6) is 0.117. The van der Waals surface area contributed by atoms with Crippen molar-refractivity contribution in [1.29, 1.82) is 0 Å². The number of carbonyl (C=O) groups is 1. The lowest BCUT2D eigenvalue weighted by Crippen LogP contribution is -2.31. The topological polar surface area (TPSA) is 41.5 Å². The average molecular weight is 126 g/mol. The summed E-state index contributed by atoms with van der Waals surface area (Å²) in [5.41, 5.74) is 0. The molecular weight excluding hydrogens is 116 g/mol. The minimum Gasteiger partial charge on any atom is -0.375 e. The van der Waals surface area contributed by atoms with Gasteiger partial charge in [0.2, 0.25) is 0 Å². The number of hydrogen-bond donors (Lipinski definition) is 1. The van der Waals surface area contributed by atoms with Crippen molar-refractivity contribution in [3.05, 3.63) is 0 Å². The summed E-state index contributed by atoms with van der Waals surface area (Å²) in [7, 11) is 0. The van der Waals surface area contributed by atoms with Crippen LogP contribution in [0.2, 0.25) is 0 Å². The van der Waals surface area contributed by atoms with Gasteiger partial charge in [0.15, 0.2) is 0 Å². The number of rotatable bonds is 1. The first kappa shape index (κ1) is 6.26. The van der Waals surface area contributed by atoms with Crippen LogP contribution in [-0.4, -0.2) is 18.8 Å². The van der Waals surface area contributed by atoms with E-state index in [0.29, 0.717) is 0 Å². The van der Waals surface area contributed by atoms with E-state index in [1.54, 1.807) is 0 Å². The van der Waals surface area contributed by atoms with Crippen LogP contribution in [0.5, 0.6) is 0 Å². The highest BCUT2D eigenvalue weighted by Crippen LogP contribution is 2.04. The zero-order chi connectivity index (χ0) is 6.69. The van der Waals surface area contributed by atoms with Crippen molar-refractivity contribution in [3.63, 3.8) is 0 Å². The van der Waals surface area contributed by atoms with Crippen molar-refractivity contribution in [3.8, 4) is 0 Å². The molecule has 0 aliphatic carbocycles. The minimum absolute atomic E-state index is 0.0104. The Balaban J connectivity index is 2.55. The van der Waals surface area contributed by atoms with Gasteiger partial charge in [0.1, 0.15) is 0 Å². The van der Waals surface area contributed by atoms with E-state index in [0.717, 1.165) is 13.0 Å². The molecule has 3 heteroatoms. The molecule has 3 nitrogen and oxygen atoms in total. The van der Waals surface area contributed by atoms with Gasteiger partial charge in [-0.1, -0.05) is 6.92 Å². The summed E-state index contributed by atoms with van der Waals surface area (Å²) in [5, 5.41) is 2.90. The molecule has 50 valence electrons.